The van der Waals surface area contributed by atoms with E-state index < -0.39 is 10.0 Å². The molecular formula is C15H23N3O4S. The summed E-state index contributed by atoms with van der Waals surface area (Å²) in [4.78, 5) is 22.4. The van der Waals surface area contributed by atoms with E-state index in [4.69, 9.17) is 0 Å². The predicted molar refractivity (Wildman–Crippen MR) is 90.9 cm³/mol. The molecule has 0 bridgehead atoms. The average Bonchev–Trinajstić information content (AvgIpc) is 2.43. The van der Waals surface area contributed by atoms with Gasteiger partial charge in [0.15, 0.2) is 0 Å². The molecule has 7 nitrogen and oxygen atoms in total. The Morgan fingerprint density at radius 3 is 2.26 bits per heavy atom. The summed E-state index contributed by atoms with van der Waals surface area (Å²) in [6.45, 7) is 3.68. The Labute approximate surface area is 137 Å². The van der Waals surface area contributed by atoms with E-state index >= 15 is 0 Å². The molecule has 0 atom stereocenters. The molecule has 0 unspecified atom stereocenters. The zero-order chi connectivity index (χ0) is 17.5. The van der Waals surface area contributed by atoms with Crippen molar-refractivity contribution in [3.63, 3.8) is 0 Å². The molecule has 0 fully saturated rings. The molecule has 1 rings (SSSR count). The van der Waals surface area contributed by atoms with Crippen molar-refractivity contribution < 1.29 is 18.0 Å². The maximum atomic E-state index is 11.9. The molecule has 0 saturated heterocycles. The second-order valence-electron chi connectivity index (χ2n) is 5.16. The van der Waals surface area contributed by atoms with E-state index in [9.17, 15) is 18.0 Å². The van der Waals surface area contributed by atoms with Gasteiger partial charge in [-0.2, -0.15) is 0 Å². The Kier molecular flexibility index (Phi) is 7.02. The standard InChI is InChI=1S/C15H23N3O4S/c1-4-5-15(20)16-10-11-18(23(3,21)22)14-8-6-13(7-9-14)17-12(2)19/h6-9H,4-5,10-11H2,1-3H3,(H,16,20)(H,17,19). The highest BCUT2D eigenvalue weighted by atomic mass is 32.2. The first-order valence-corrected chi connectivity index (χ1v) is 9.21. The Morgan fingerprint density at radius 1 is 1.17 bits per heavy atom. The summed E-state index contributed by atoms with van der Waals surface area (Å²) in [6.07, 6.45) is 2.28. The van der Waals surface area contributed by atoms with Gasteiger partial charge in [-0.25, -0.2) is 8.42 Å². The number of carbonyl (C=O) groups excluding carboxylic acids is 2. The molecule has 0 aliphatic carbocycles. The average molecular weight is 341 g/mol. The quantitative estimate of drug-likeness (QED) is 0.745. The largest absolute Gasteiger partial charge is 0.354 e. The van der Waals surface area contributed by atoms with Crippen LogP contribution in [0.2, 0.25) is 0 Å². The van der Waals surface area contributed by atoms with Crippen LogP contribution >= 0.6 is 0 Å². The molecule has 8 heteroatoms. The van der Waals surface area contributed by atoms with Crippen LogP contribution in [0.15, 0.2) is 24.3 Å². The minimum absolute atomic E-state index is 0.0954. The van der Waals surface area contributed by atoms with Gasteiger partial charge in [-0.3, -0.25) is 13.9 Å². The van der Waals surface area contributed by atoms with E-state index in [0.717, 1.165) is 12.7 Å². The lowest BCUT2D eigenvalue weighted by atomic mass is 10.2. The van der Waals surface area contributed by atoms with Gasteiger partial charge in [0.1, 0.15) is 0 Å². The zero-order valence-electron chi connectivity index (χ0n) is 13.6. The minimum Gasteiger partial charge on any atom is -0.354 e. The van der Waals surface area contributed by atoms with Crippen molar-refractivity contribution in [3.8, 4) is 0 Å². The topological polar surface area (TPSA) is 95.6 Å². The molecule has 0 spiro atoms. The highest BCUT2D eigenvalue weighted by molar-refractivity contribution is 7.92. The summed E-state index contributed by atoms with van der Waals surface area (Å²) in [5, 5.41) is 5.31. The second-order valence-corrected chi connectivity index (χ2v) is 7.07. The van der Waals surface area contributed by atoms with Crippen LogP contribution in [0.3, 0.4) is 0 Å². The van der Waals surface area contributed by atoms with Crippen LogP contribution in [0.1, 0.15) is 26.7 Å². The number of benzene rings is 1. The summed E-state index contributed by atoms with van der Waals surface area (Å²) in [5.41, 5.74) is 1.07. The third-order valence-electron chi connectivity index (χ3n) is 2.99. The number of anilines is 2. The van der Waals surface area contributed by atoms with Crippen LogP contribution in [0.4, 0.5) is 11.4 Å². The van der Waals surface area contributed by atoms with E-state index in [-0.39, 0.29) is 24.9 Å². The van der Waals surface area contributed by atoms with Crippen LogP contribution < -0.4 is 14.9 Å². The first-order valence-electron chi connectivity index (χ1n) is 7.36. The van der Waals surface area contributed by atoms with Gasteiger partial charge in [0.2, 0.25) is 21.8 Å². The van der Waals surface area contributed by atoms with Crippen LogP contribution in [0, 0.1) is 0 Å². The van der Waals surface area contributed by atoms with Crippen LogP contribution in [0.25, 0.3) is 0 Å². The molecule has 1 aromatic rings. The number of hydrogen-bond acceptors (Lipinski definition) is 4. The van der Waals surface area contributed by atoms with Crippen LogP contribution in [-0.2, 0) is 19.6 Å². The Hall–Kier alpha value is -2.09. The SMILES string of the molecule is CCCC(=O)NCCN(c1ccc(NC(C)=O)cc1)S(C)(=O)=O. The molecule has 0 saturated carbocycles. The molecule has 1 aromatic carbocycles. The molecule has 0 aromatic heterocycles. The van der Waals surface area contributed by atoms with Gasteiger partial charge < -0.3 is 10.6 Å². The second kappa shape index (κ2) is 8.52. The number of nitrogens with one attached hydrogen (secondary N) is 2. The van der Waals surface area contributed by atoms with Crippen LogP contribution in [-0.4, -0.2) is 39.6 Å². The highest BCUT2D eigenvalue weighted by Crippen LogP contribution is 2.20. The first kappa shape index (κ1) is 19.0. The zero-order valence-corrected chi connectivity index (χ0v) is 14.4. The van der Waals surface area contributed by atoms with Crippen molar-refractivity contribution in [3.05, 3.63) is 24.3 Å². The maximum Gasteiger partial charge on any atom is 0.232 e. The van der Waals surface area contributed by atoms with Crippen molar-refractivity contribution in [2.75, 3.05) is 29.0 Å². The van der Waals surface area contributed by atoms with Crippen molar-refractivity contribution in [2.24, 2.45) is 0 Å². The lowest BCUT2D eigenvalue weighted by Gasteiger charge is -2.22. The van der Waals surface area contributed by atoms with Gasteiger partial charge >= 0.3 is 0 Å². The van der Waals surface area contributed by atoms with Crippen LogP contribution in [0.5, 0.6) is 0 Å². The normalized spacial score (nSPS) is 10.9. The third kappa shape index (κ3) is 6.68. The van der Waals surface area contributed by atoms with Gasteiger partial charge in [0.25, 0.3) is 0 Å². The Bertz CT molecular complexity index is 641. The van der Waals surface area contributed by atoms with Crippen molar-refractivity contribution in [1.29, 1.82) is 0 Å². The lowest BCUT2D eigenvalue weighted by molar-refractivity contribution is -0.121. The number of rotatable bonds is 8. The number of nitrogens with zero attached hydrogens (tertiary/aromatic N) is 1. The molecule has 0 radical (unpaired) electrons. The number of hydrogen-bond donors (Lipinski definition) is 2. The van der Waals surface area contributed by atoms with Gasteiger partial charge in [-0.1, -0.05) is 6.92 Å². The van der Waals surface area contributed by atoms with E-state index in [1.54, 1.807) is 24.3 Å². The molecular weight excluding hydrogens is 318 g/mol. The monoisotopic (exact) mass is 341 g/mol. The first-order chi connectivity index (χ1) is 10.7. The molecule has 23 heavy (non-hydrogen) atoms. The van der Waals surface area contributed by atoms with Crippen molar-refractivity contribution >= 4 is 33.2 Å². The molecule has 2 amide bonds. The Balaban J connectivity index is 2.78. The fourth-order valence-electron chi connectivity index (χ4n) is 2.01. The summed E-state index contributed by atoms with van der Waals surface area (Å²) in [7, 11) is -3.47. The molecule has 2 N–H and O–H groups in total. The highest BCUT2D eigenvalue weighted by Gasteiger charge is 2.17. The summed E-state index contributed by atoms with van der Waals surface area (Å²) in [5.74, 6) is -0.293. The predicted octanol–water partition coefficient (Wildman–Crippen LogP) is 1.33. The van der Waals surface area contributed by atoms with Crippen molar-refractivity contribution in [2.45, 2.75) is 26.7 Å². The fraction of sp³-hybridized carbons (Fsp3) is 0.467. The molecule has 0 heterocycles. The third-order valence-corrected chi connectivity index (χ3v) is 4.18. The number of amides is 2. The summed E-state index contributed by atoms with van der Waals surface area (Å²) >= 11 is 0. The van der Waals surface area contributed by atoms with Gasteiger partial charge in [-0.05, 0) is 30.7 Å². The van der Waals surface area contributed by atoms with Gasteiger partial charge in [-0.15, -0.1) is 0 Å². The maximum absolute atomic E-state index is 11.9. The van der Waals surface area contributed by atoms with Crippen molar-refractivity contribution in [1.82, 2.24) is 5.32 Å². The smallest absolute Gasteiger partial charge is 0.232 e. The Morgan fingerprint density at radius 2 is 1.78 bits per heavy atom. The number of sulfonamides is 1. The number of carbonyl (C=O) groups is 2. The summed E-state index contributed by atoms with van der Waals surface area (Å²) < 4.78 is 25.1. The van der Waals surface area contributed by atoms with E-state index in [0.29, 0.717) is 17.8 Å². The van der Waals surface area contributed by atoms with E-state index in [1.807, 2.05) is 6.92 Å². The van der Waals surface area contributed by atoms with E-state index in [1.165, 1.54) is 11.2 Å². The molecule has 0 aliphatic rings. The minimum atomic E-state index is -3.47. The molecule has 128 valence electrons. The van der Waals surface area contributed by atoms with Gasteiger partial charge in [0, 0.05) is 25.6 Å². The fourth-order valence-corrected chi connectivity index (χ4v) is 2.94. The van der Waals surface area contributed by atoms with E-state index in [2.05, 4.69) is 10.6 Å². The van der Waals surface area contributed by atoms with Gasteiger partial charge in [0.05, 0.1) is 18.5 Å². The lowest BCUT2D eigenvalue weighted by Crippen LogP contribution is -2.38. The summed E-state index contributed by atoms with van der Waals surface area (Å²) in [6, 6.07) is 6.48. The molecule has 0 aliphatic heterocycles.